The molecule has 0 aliphatic carbocycles. The highest BCUT2D eigenvalue weighted by Crippen LogP contribution is 2.13. The average Bonchev–Trinajstić information content (AvgIpc) is 2.90. The van der Waals surface area contributed by atoms with E-state index in [1.165, 1.54) is 24.3 Å². The third-order valence-corrected chi connectivity index (χ3v) is 4.94. The van der Waals surface area contributed by atoms with Crippen LogP contribution in [0.2, 0.25) is 0 Å². The van der Waals surface area contributed by atoms with E-state index in [9.17, 15) is 9.59 Å². The van der Waals surface area contributed by atoms with Crippen LogP contribution in [0.3, 0.4) is 0 Å². The first-order valence-electron chi connectivity index (χ1n) is 6.39. The summed E-state index contributed by atoms with van der Waals surface area (Å²) in [5.74, 6) is 2.29. The molecule has 0 aromatic rings. The van der Waals surface area contributed by atoms with E-state index in [-0.39, 0.29) is 30.1 Å². The van der Waals surface area contributed by atoms with Crippen LogP contribution in [0.25, 0.3) is 0 Å². The van der Waals surface area contributed by atoms with Gasteiger partial charge in [-0.1, -0.05) is 6.58 Å². The zero-order valence-corrected chi connectivity index (χ0v) is 11.9. The molecule has 1 rings (SSSR count). The van der Waals surface area contributed by atoms with E-state index in [0.717, 1.165) is 6.08 Å². The molecular formula is C13H21O5S+. The van der Waals surface area contributed by atoms with Crippen molar-refractivity contribution in [3.05, 3.63) is 12.7 Å². The Balaban J connectivity index is 1.88. The maximum absolute atomic E-state index is 11.5. The van der Waals surface area contributed by atoms with Crippen molar-refractivity contribution in [2.45, 2.75) is 12.8 Å². The van der Waals surface area contributed by atoms with E-state index >= 15 is 0 Å². The summed E-state index contributed by atoms with van der Waals surface area (Å²) in [5.41, 5.74) is 0. The summed E-state index contributed by atoms with van der Waals surface area (Å²) in [5, 5.41) is 0. The lowest BCUT2D eigenvalue weighted by Gasteiger charge is -2.06. The monoisotopic (exact) mass is 289 g/mol. The van der Waals surface area contributed by atoms with Crippen LogP contribution in [-0.4, -0.2) is 55.6 Å². The van der Waals surface area contributed by atoms with Crippen LogP contribution in [0.4, 0.5) is 0 Å². The van der Waals surface area contributed by atoms with E-state index in [0.29, 0.717) is 19.0 Å². The fourth-order valence-electron chi connectivity index (χ4n) is 1.64. The molecule has 0 bridgehead atoms. The van der Waals surface area contributed by atoms with Gasteiger partial charge in [0.15, 0.2) is 0 Å². The smallest absolute Gasteiger partial charge is 0.356 e. The SMILES string of the molecule is C=CC(=O)OCCOCCOC(=O)C[S+]1CCCC1. The van der Waals surface area contributed by atoms with Gasteiger partial charge in [-0.2, -0.15) is 0 Å². The second-order valence-corrected chi connectivity index (χ2v) is 6.41. The predicted octanol–water partition coefficient (Wildman–Crippen LogP) is 0.687. The highest BCUT2D eigenvalue weighted by Gasteiger charge is 2.27. The van der Waals surface area contributed by atoms with Gasteiger partial charge in [-0.15, -0.1) is 0 Å². The quantitative estimate of drug-likeness (QED) is 0.270. The second-order valence-electron chi connectivity index (χ2n) is 4.08. The standard InChI is InChI=1S/C13H21O5S/c1-2-12(14)17-7-5-16-6-8-18-13(15)11-19-9-3-4-10-19/h2H,1,3-11H2/q+1. The van der Waals surface area contributed by atoms with Crippen LogP contribution in [-0.2, 0) is 34.7 Å². The van der Waals surface area contributed by atoms with Crippen molar-refractivity contribution in [3.63, 3.8) is 0 Å². The van der Waals surface area contributed by atoms with Crippen molar-refractivity contribution in [1.82, 2.24) is 0 Å². The van der Waals surface area contributed by atoms with Crippen LogP contribution >= 0.6 is 0 Å². The lowest BCUT2D eigenvalue weighted by atomic mass is 10.4. The fourth-order valence-corrected chi connectivity index (χ4v) is 3.78. The van der Waals surface area contributed by atoms with Gasteiger partial charge in [-0.3, -0.25) is 0 Å². The minimum atomic E-state index is -0.465. The number of carbonyl (C=O) groups excluding carboxylic acids is 2. The molecule has 1 aliphatic rings. The molecule has 108 valence electrons. The van der Waals surface area contributed by atoms with Crippen molar-refractivity contribution in [3.8, 4) is 0 Å². The molecule has 19 heavy (non-hydrogen) atoms. The van der Waals surface area contributed by atoms with Crippen molar-refractivity contribution < 1.29 is 23.8 Å². The average molecular weight is 289 g/mol. The summed E-state index contributed by atoms with van der Waals surface area (Å²) in [6.07, 6.45) is 3.58. The van der Waals surface area contributed by atoms with Gasteiger partial charge in [0.1, 0.15) is 24.7 Å². The highest BCUT2D eigenvalue weighted by atomic mass is 32.2. The van der Waals surface area contributed by atoms with Crippen molar-refractivity contribution in [1.29, 1.82) is 0 Å². The summed E-state index contributed by atoms with van der Waals surface area (Å²) in [6, 6.07) is 0. The molecule has 1 heterocycles. The van der Waals surface area contributed by atoms with E-state index < -0.39 is 5.97 Å². The Morgan fingerprint density at radius 2 is 1.68 bits per heavy atom. The summed E-state index contributed by atoms with van der Waals surface area (Å²) in [4.78, 5) is 22.2. The molecule has 0 unspecified atom stereocenters. The van der Waals surface area contributed by atoms with Crippen molar-refractivity contribution in [2.75, 3.05) is 43.7 Å². The summed E-state index contributed by atoms with van der Waals surface area (Å²) < 4.78 is 15.0. The Labute approximate surface area is 116 Å². The van der Waals surface area contributed by atoms with Crippen LogP contribution in [0.1, 0.15) is 12.8 Å². The van der Waals surface area contributed by atoms with Gasteiger partial charge in [0, 0.05) is 6.08 Å². The fraction of sp³-hybridized carbons (Fsp3) is 0.692. The summed E-state index contributed by atoms with van der Waals surface area (Å²) >= 11 is 0. The highest BCUT2D eigenvalue weighted by molar-refractivity contribution is 7.97. The molecule has 1 saturated heterocycles. The van der Waals surface area contributed by atoms with Crippen LogP contribution in [0.5, 0.6) is 0 Å². The lowest BCUT2D eigenvalue weighted by Crippen LogP contribution is -2.22. The maximum Gasteiger partial charge on any atom is 0.356 e. The molecule has 0 N–H and O–H groups in total. The Morgan fingerprint density at radius 1 is 1.05 bits per heavy atom. The number of ether oxygens (including phenoxy) is 3. The molecule has 0 aromatic heterocycles. The van der Waals surface area contributed by atoms with E-state index in [4.69, 9.17) is 14.2 Å². The minimum Gasteiger partial charge on any atom is -0.460 e. The topological polar surface area (TPSA) is 61.8 Å². The predicted molar refractivity (Wildman–Crippen MR) is 74.1 cm³/mol. The van der Waals surface area contributed by atoms with Gasteiger partial charge in [-0.25, -0.2) is 9.59 Å². The van der Waals surface area contributed by atoms with Gasteiger partial charge in [0.25, 0.3) is 0 Å². The number of hydrogen-bond acceptors (Lipinski definition) is 5. The van der Waals surface area contributed by atoms with Gasteiger partial charge < -0.3 is 14.2 Å². The normalized spacial score (nSPS) is 15.2. The molecule has 0 atom stereocenters. The summed E-state index contributed by atoms with van der Waals surface area (Å²) in [7, 11) is 0.244. The van der Waals surface area contributed by atoms with Gasteiger partial charge in [-0.05, 0) is 23.7 Å². The van der Waals surface area contributed by atoms with E-state index in [2.05, 4.69) is 6.58 Å². The molecule has 0 spiro atoms. The van der Waals surface area contributed by atoms with Gasteiger partial charge >= 0.3 is 11.9 Å². The molecule has 0 radical (unpaired) electrons. The molecule has 5 nitrogen and oxygen atoms in total. The van der Waals surface area contributed by atoms with Crippen LogP contribution in [0, 0.1) is 0 Å². The molecule has 0 saturated carbocycles. The first-order valence-corrected chi connectivity index (χ1v) is 8.12. The van der Waals surface area contributed by atoms with E-state index in [1.54, 1.807) is 0 Å². The first-order chi connectivity index (χ1) is 9.22. The zero-order valence-electron chi connectivity index (χ0n) is 11.1. The first kappa shape index (κ1) is 16.0. The second kappa shape index (κ2) is 9.86. The number of carbonyl (C=O) groups is 2. The van der Waals surface area contributed by atoms with Crippen molar-refractivity contribution in [2.24, 2.45) is 0 Å². The van der Waals surface area contributed by atoms with Gasteiger partial charge in [0.05, 0.1) is 13.2 Å². The maximum atomic E-state index is 11.5. The third-order valence-electron chi connectivity index (χ3n) is 2.57. The largest absolute Gasteiger partial charge is 0.460 e. The van der Waals surface area contributed by atoms with E-state index in [1.807, 2.05) is 0 Å². The lowest BCUT2D eigenvalue weighted by molar-refractivity contribution is -0.142. The Hall–Kier alpha value is -1.01. The molecule has 1 aliphatic heterocycles. The van der Waals surface area contributed by atoms with Gasteiger partial charge in [0.2, 0.25) is 5.75 Å². The number of esters is 2. The van der Waals surface area contributed by atoms with Crippen LogP contribution in [0.15, 0.2) is 12.7 Å². The Bertz CT molecular complexity index is 299. The summed E-state index contributed by atoms with van der Waals surface area (Å²) in [6.45, 7) is 4.33. The minimum absolute atomic E-state index is 0.132. The molecule has 1 fully saturated rings. The molecule has 0 aromatic carbocycles. The molecule has 6 heteroatoms. The molecule has 0 amide bonds. The Morgan fingerprint density at radius 3 is 2.32 bits per heavy atom. The van der Waals surface area contributed by atoms with Crippen molar-refractivity contribution >= 4 is 22.8 Å². The Kier molecular flexibility index (Phi) is 8.33. The van der Waals surface area contributed by atoms with Crippen LogP contribution < -0.4 is 0 Å². The number of hydrogen-bond donors (Lipinski definition) is 0. The zero-order chi connectivity index (χ0) is 13.9. The number of rotatable bonds is 9. The third kappa shape index (κ3) is 7.89. The molecular weight excluding hydrogens is 268 g/mol.